The number of hydrogen-bond donors (Lipinski definition) is 0. The van der Waals surface area contributed by atoms with Gasteiger partial charge in [0.2, 0.25) is 0 Å². The normalized spacial score (nSPS) is 8.78. The highest BCUT2D eigenvalue weighted by Gasteiger charge is 2.07. The summed E-state index contributed by atoms with van der Waals surface area (Å²) in [4.78, 5) is 0. The molecule has 0 aliphatic heterocycles. The van der Waals surface area contributed by atoms with E-state index in [4.69, 9.17) is 69.6 Å². The Hall–Kier alpha value is 0.180. The third-order valence-corrected chi connectivity index (χ3v) is 3.56. The first-order chi connectivity index (χ1) is 8.40. The van der Waals surface area contributed by atoms with E-state index >= 15 is 0 Å². The molecule has 0 spiro atoms. The number of benzene rings is 1. The van der Waals surface area contributed by atoms with E-state index in [1.54, 1.807) is 0 Å². The maximum absolute atomic E-state index is 5.42. The zero-order chi connectivity index (χ0) is 14.1. The van der Waals surface area contributed by atoms with E-state index in [1.807, 2.05) is 36.4 Å². The second kappa shape index (κ2) is 10.0. The van der Waals surface area contributed by atoms with Gasteiger partial charge in [0.1, 0.15) is 8.98 Å². The molecule has 1 aromatic carbocycles. The van der Waals surface area contributed by atoms with Gasteiger partial charge >= 0.3 is 0 Å². The second-order valence-electron chi connectivity index (χ2n) is 2.76. The van der Waals surface area contributed by atoms with Gasteiger partial charge in [0, 0.05) is 0 Å². The first kappa shape index (κ1) is 18.2. The maximum Gasteiger partial charge on any atom is 0.127 e. The molecule has 0 radical (unpaired) electrons. The van der Waals surface area contributed by atoms with Gasteiger partial charge in [-0.2, -0.15) is 0 Å². The summed E-state index contributed by atoms with van der Waals surface area (Å²) in [7, 11) is 0. The minimum atomic E-state index is -0.175. The summed E-state index contributed by atoms with van der Waals surface area (Å²) in [5.41, 5.74) is 1.17. The molecule has 0 aromatic heterocycles. The molecule has 0 aliphatic carbocycles. The minimum Gasteiger partial charge on any atom is -0.0985 e. The fourth-order valence-electron chi connectivity index (χ4n) is 0.755. The lowest BCUT2D eigenvalue weighted by molar-refractivity contribution is 1.67. The fraction of sp³-hybridized carbons (Fsp3) is 0. The summed E-state index contributed by atoms with van der Waals surface area (Å²) in [6.45, 7) is 3.63. The van der Waals surface area contributed by atoms with Crippen LogP contribution in [-0.2, 0) is 0 Å². The van der Waals surface area contributed by atoms with Gasteiger partial charge in [-0.15, -0.1) is 0 Å². The summed E-state index contributed by atoms with van der Waals surface area (Å²) >= 11 is 31.8. The van der Waals surface area contributed by atoms with Crippen molar-refractivity contribution in [2.45, 2.75) is 0 Å². The van der Waals surface area contributed by atoms with Crippen LogP contribution in [0.1, 0.15) is 5.56 Å². The Labute approximate surface area is 136 Å². The van der Waals surface area contributed by atoms with E-state index in [0.717, 1.165) is 0 Å². The molecule has 0 saturated carbocycles. The molecule has 0 fully saturated rings. The molecule has 0 nitrogen and oxygen atoms in total. The summed E-state index contributed by atoms with van der Waals surface area (Å²) in [6.07, 6.45) is 1.83. The smallest absolute Gasteiger partial charge is 0.0985 e. The van der Waals surface area contributed by atoms with Crippen molar-refractivity contribution in [2.75, 3.05) is 0 Å². The molecule has 0 bridgehead atoms. The Kier molecular flexibility index (Phi) is 10.1. The summed E-state index contributed by atoms with van der Waals surface area (Å²) in [5.74, 6) is 0. The Balaban J connectivity index is 0.000000327. The summed E-state index contributed by atoms with van der Waals surface area (Å²) in [5, 5.41) is -0.130. The van der Waals surface area contributed by atoms with Gasteiger partial charge < -0.3 is 0 Å². The average molecular weight is 365 g/mol. The molecular formula is C12H8Cl6. The van der Waals surface area contributed by atoms with Crippen molar-refractivity contribution in [3.63, 3.8) is 0 Å². The van der Waals surface area contributed by atoms with E-state index in [0.29, 0.717) is 0 Å². The van der Waals surface area contributed by atoms with E-state index in [1.165, 1.54) is 5.56 Å². The number of hydrogen-bond acceptors (Lipinski definition) is 0. The van der Waals surface area contributed by atoms with Gasteiger partial charge in [-0.05, 0) is 5.56 Å². The van der Waals surface area contributed by atoms with Crippen LogP contribution in [-0.4, -0.2) is 0 Å². The van der Waals surface area contributed by atoms with Crippen molar-refractivity contribution >= 4 is 75.7 Å². The van der Waals surface area contributed by atoms with Crippen LogP contribution in [0, 0.1) is 0 Å². The van der Waals surface area contributed by atoms with Crippen molar-refractivity contribution < 1.29 is 0 Å². The van der Waals surface area contributed by atoms with Crippen LogP contribution >= 0.6 is 69.6 Å². The Morgan fingerprint density at radius 2 is 1.17 bits per heavy atom. The highest BCUT2D eigenvalue weighted by atomic mass is 35.5. The Morgan fingerprint density at radius 3 is 1.39 bits per heavy atom. The van der Waals surface area contributed by atoms with Crippen LogP contribution in [0.15, 0.2) is 56.0 Å². The average Bonchev–Trinajstić information content (AvgIpc) is 2.38. The zero-order valence-electron chi connectivity index (χ0n) is 8.94. The topological polar surface area (TPSA) is 0 Å². The molecule has 0 aliphatic rings. The number of allylic oxidation sites excluding steroid dienone is 2. The molecular weight excluding hydrogens is 357 g/mol. The molecule has 1 aromatic rings. The Bertz CT molecular complexity index is 417. The molecule has 1 rings (SSSR count). The maximum atomic E-state index is 5.42. The van der Waals surface area contributed by atoms with Crippen LogP contribution in [0.2, 0.25) is 0 Å². The predicted octanol–water partition coefficient (Wildman–Crippen LogP) is 7.09. The van der Waals surface area contributed by atoms with E-state index < -0.39 is 0 Å². The standard InChI is InChI=1S/C8H8.C4Cl6/c1-2-8-6-4-3-5-7-8;5-1(3(7)8)2(6)4(9)10/h2-7H,1H2;. The lowest BCUT2D eigenvalue weighted by atomic mass is 10.2. The molecule has 98 valence electrons. The third-order valence-electron chi connectivity index (χ3n) is 1.56. The number of rotatable bonds is 2. The van der Waals surface area contributed by atoms with Gasteiger partial charge in [-0.25, -0.2) is 0 Å². The van der Waals surface area contributed by atoms with Crippen molar-refractivity contribution in [2.24, 2.45) is 0 Å². The van der Waals surface area contributed by atoms with Crippen molar-refractivity contribution in [1.82, 2.24) is 0 Å². The first-order valence-corrected chi connectivity index (χ1v) is 6.76. The molecule has 18 heavy (non-hydrogen) atoms. The van der Waals surface area contributed by atoms with Crippen molar-refractivity contribution in [1.29, 1.82) is 0 Å². The molecule has 0 amide bonds. The van der Waals surface area contributed by atoms with Crippen molar-refractivity contribution in [3.05, 3.63) is 61.5 Å². The van der Waals surface area contributed by atoms with Crippen LogP contribution in [0.3, 0.4) is 0 Å². The quantitative estimate of drug-likeness (QED) is 0.491. The molecule has 0 heterocycles. The largest absolute Gasteiger partial charge is 0.127 e. The van der Waals surface area contributed by atoms with E-state index in [2.05, 4.69) is 6.58 Å². The van der Waals surface area contributed by atoms with Gasteiger partial charge in [0.05, 0.1) is 10.1 Å². The molecule has 0 unspecified atom stereocenters. The van der Waals surface area contributed by atoms with Gasteiger partial charge in [-0.3, -0.25) is 0 Å². The highest BCUT2D eigenvalue weighted by Crippen LogP contribution is 2.32. The van der Waals surface area contributed by atoms with Crippen LogP contribution in [0.5, 0.6) is 0 Å². The van der Waals surface area contributed by atoms with E-state index in [9.17, 15) is 0 Å². The lowest BCUT2D eigenvalue weighted by Gasteiger charge is -1.94. The molecule has 0 N–H and O–H groups in total. The SMILES string of the molecule is C=Cc1ccccc1.ClC(Cl)=C(Cl)C(Cl)=C(Cl)Cl. The minimum absolute atomic E-state index is 0.0648. The highest BCUT2D eigenvalue weighted by molar-refractivity contribution is 6.65. The fourth-order valence-corrected chi connectivity index (χ4v) is 1.52. The summed E-state index contributed by atoms with van der Waals surface area (Å²) < 4.78 is -0.351. The third kappa shape index (κ3) is 7.58. The van der Waals surface area contributed by atoms with Crippen molar-refractivity contribution in [3.8, 4) is 0 Å². The van der Waals surface area contributed by atoms with Crippen LogP contribution < -0.4 is 0 Å². The van der Waals surface area contributed by atoms with Gasteiger partial charge in [-0.1, -0.05) is 113 Å². The predicted molar refractivity (Wildman–Crippen MR) is 85.7 cm³/mol. The lowest BCUT2D eigenvalue weighted by Crippen LogP contribution is -1.73. The second-order valence-corrected chi connectivity index (χ2v) is 5.42. The zero-order valence-corrected chi connectivity index (χ0v) is 13.5. The monoisotopic (exact) mass is 362 g/mol. The first-order valence-electron chi connectivity index (χ1n) is 4.49. The molecule has 0 saturated heterocycles. The van der Waals surface area contributed by atoms with Crippen LogP contribution in [0.25, 0.3) is 6.08 Å². The number of halogens is 6. The van der Waals surface area contributed by atoms with Gasteiger partial charge in [0.25, 0.3) is 0 Å². The summed E-state index contributed by atoms with van der Waals surface area (Å²) in [6, 6.07) is 10.0. The van der Waals surface area contributed by atoms with E-state index in [-0.39, 0.29) is 19.0 Å². The molecule has 6 heteroatoms. The Morgan fingerprint density at radius 1 is 0.778 bits per heavy atom. The van der Waals surface area contributed by atoms with Crippen LogP contribution in [0.4, 0.5) is 0 Å². The molecule has 0 atom stereocenters. The van der Waals surface area contributed by atoms with Gasteiger partial charge in [0.15, 0.2) is 0 Å².